The maximum absolute atomic E-state index is 13.0. The standard InChI is InChI=1S/C38H75NO10/c1-3-5-7-9-11-13-15-16-18-20-22-24-26-31(42)37(47)39-29(28-48-38-36(46)35(45)34(44)32(27-40)49-38)33(43)30(41)25-23-21-19-17-14-12-10-8-6-4-2/h29-36,38,40-46H,3-28H2,1-2H3,(H,39,47). The van der Waals surface area contributed by atoms with E-state index in [9.17, 15) is 40.5 Å². The molecule has 9 atom stereocenters. The number of aliphatic hydroxyl groups excluding tert-OH is 7. The van der Waals surface area contributed by atoms with Crippen molar-refractivity contribution in [1.82, 2.24) is 5.32 Å². The summed E-state index contributed by atoms with van der Waals surface area (Å²) in [6.07, 6.45) is 14.5. The molecule has 1 rings (SSSR count). The van der Waals surface area contributed by atoms with E-state index in [4.69, 9.17) is 9.47 Å². The maximum atomic E-state index is 13.0. The molecule has 1 fully saturated rings. The van der Waals surface area contributed by atoms with Gasteiger partial charge in [-0.1, -0.05) is 155 Å². The Morgan fingerprint density at radius 2 is 1.06 bits per heavy atom. The van der Waals surface area contributed by atoms with Crippen LogP contribution in [-0.2, 0) is 14.3 Å². The number of nitrogens with one attached hydrogen (secondary N) is 1. The normalized spacial score (nSPS) is 23.7. The van der Waals surface area contributed by atoms with Crippen molar-refractivity contribution in [2.45, 2.75) is 223 Å². The average Bonchev–Trinajstić information content (AvgIpc) is 3.10. The summed E-state index contributed by atoms with van der Waals surface area (Å²) < 4.78 is 11.0. The summed E-state index contributed by atoms with van der Waals surface area (Å²) in [7, 11) is 0. The summed E-state index contributed by atoms with van der Waals surface area (Å²) in [6, 6.07) is -1.16. The van der Waals surface area contributed by atoms with E-state index in [1.807, 2.05) is 0 Å². The SMILES string of the molecule is CCCCCCCCCCCCCCC(O)C(=O)NC(COC1OC(CO)C(O)C(O)C1O)C(O)C(O)CCCCCCCCCCCC. The van der Waals surface area contributed by atoms with Gasteiger partial charge in [0.2, 0.25) is 5.91 Å². The molecule has 0 aromatic carbocycles. The molecule has 11 nitrogen and oxygen atoms in total. The molecule has 9 unspecified atom stereocenters. The highest BCUT2D eigenvalue weighted by atomic mass is 16.7. The van der Waals surface area contributed by atoms with Gasteiger partial charge in [0.15, 0.2) is 6.29 Å². The fourth-order valence-corrected chi connectivity index (χ4v) is 6.50. The van der Waals surface area contributed by atoms with Gasteiger partial charge in [-0.05, 0) is 12.8 Å². The Morgan fingerprint density at radius 1 is 0.633 bits per heavy atom. The molecule has 0 aliphatic carbocycles. The molecule has 0 bridgehead atoms. The van der Waals surface area contributed by atoms with Crippen molar-refractivity contribution in [3.05, 3.63) is 0 Å². The Hall–Kier alpha value is -0.890. The van der Waals surface area contributed by atoms with E-state index in [2.05, 4.69) is 19.2 Å². The molecule has 0 aromatic rings. The van der Waals surface area contributed by atoms with E-state index >= 15 is 0 Å². The molecule has 1 aliphatic rings. The number of aliphatic hydroxyl groups is 7. The Morgan fingerprint density at radius 3 is 1.51 bits per heavy atom. The van der Waals surface area contributed by atoms with Crippen molar-refractivity contribution in [1.29, 1.82) is 0 Å². The minimum absolute atomic E-state index is 0.265. The van der Waals surface area contributed by atoms with Crippen LogP contribution in [0.1, 0.15) is 168 Å². The lowest BCUT2D eigenvalue weighted by Gasteiger charge is -2.40. The summed E-state index contributed by atoms with van der Waals surface area (Å²) in [4.78, 5) is 13.0. The zero-order chi connectivity index (χ0) is 36.3. The second-order valence-electron chi connectivity index (χ2n) is 14.4. The van der Waals surface area contributed by atoms with Gasteiger partial charge in [-0.2, -0.15) is 0 Å². The minimum atomic E-state index is -1.65. The van der Waals surface area contributed by atoms with Crippen LogP contribution in [0.2, 0.25) is 0 Å². The van der Waals surface area contributed by atoms with Gasteiger partial charge in [0.05, 0.1) is 25.4 Å². The first-order chi connectivity index (χ1) is 23.7. The van der Waals surface area contributed by atoms with E-state index in [1.165, 1.54) is 89.9 Å². The number of hydrogen-bond donors (Lipinski definition) is 8. The number of hydrogen-bond acceptors (Lipinski definition) is 10. The van der Waals surface area contributed by atoms with E-state index < -0.39 is 74.2 Å². The second-order valence-corrected chi connectivity index (χ2v) is 14.4. The van der Waals surface area contributed by atoms with Crippen LogP contribution in [0.4, 0.5) is 0 Å². The number of ether oxygens (including phenoxy) is 2. The quantitative estimate of drug-likeness (QED) is 0.0453. The molecule has 1 saturated heterocycles. The predicted octanol–water partition coefficient (Wildman–Crippen LogP) is 4.77. The van der Waals surface area contributed by atoms with Crippen molar-refractivity contribution in [3.63, 3.8) is 0 Å². The highest BCUT2D eigenvalue weighted by Crippen LogP contribution is 2.23. The van der Waals surface area contributed by atoms with Crippen LogP contribution in [0, 0.1) is 0 Å². The van der Waals surface area contributed by atoms with Crippen molar-refractivity contribution in [2.75, 3.05) is 13.2 Å². The third-order valence-electron chi connectivity index (χ3n) is 9.91. The molecular formula is C38H75NO10. The third kappa shape index (κ3) is 20.7. The smallest absolute Gasteiger partial charge is 0.249 e. The van der Waals surface area contributed by atoms with Crippen molar-refractivity contribution in [2.24, 2.45) is 0 Å². The lowest BCUT2D eigenvalue weighted by atomic mass is 9.98. The maximum Gasteiger partial charge on any atom is 0.249 e. The van der Waals surface area contributed by atoms with E-state index in [0.717, 1.165) is 38.5 Å². The van der Waals surface area contributed by atoms with Crippen LogP contribution in [0.5, 0.6) is 0 Å². The first-order valence-electron chi connectivity index (χ1n) is 19.9. The van der Waals surface area contributed by atoms with Gasteiger partial charge >= 0.3 is 0 Å². The molecule has 0 radical (unpaired) electrons. The summed E-state index contributed by atoms with van der Waals surface area (Å²) in [6.45, 7) is 3.39. The van der Waals surface area contributed by atoms with Crippen LogP contribution >= 0.6 is 0 Å². The molecule has 1 heterocycles. The van der Waals surface area contributed by atoms with E-state index in [-0.39, 0.29) is 6.42 Å². The first-order valence-corrected chi connectivity index (χ1v) is 19.9. The zero-order valence-electron chi connectivity index (χ0n) is 30.9. The third-order valence-corrected chi connectivity index (χ3v) is 9.91. The largest absolute Gasteiger partial charge is 0.394 e. The highest BCUT2D eigenvalue weighted by molar-refractivity contribution is 5.80. The van der Waals surface area contributed by atoms with Crippen LogP contribution in [0.15, 0.2) is 0 Å². The summed E-state index contributed by atoms with van der Waals surface area (Å²) >= 11 is 0. The fourth-order valence-electron chi connectivity index (χ4n) is 6.50. The summed E-state index contributed by atoms with van der Waals surface area (Å²) in [5.74, 6) is -0.698. The van der Waals surface area contributed by atoms with Crippen molar-refractivity contribution < 1.29 is 50.0 Å². The molecule has 8 N–H and O–H groups in total. The molecule has 49 heavy (non-hydrogen) atoms. The molecule has 0 saturated carbocycles. The Bertz CT molecular complexity index is 775. The predicted molar refractivity (Wildman–Crippen MR) is 192 cm³/mol. The topological polar surface area (TPSA) is 189 Å². The Labute approximate surface area is 297 Å². The van der Waals surface area contributed by atoms with E-state index in [0.29, 0.717) is 19.3 Å². The minimum Gasteiger partial charge on any atom is -0.394 e. The number of unbranched alkanes of at least 4 members (excludes halogenated alkanes) is 20. The summed E-state index contributed by atoms with van der Waals surface area (Å²) in [5, 5.41) is 75.1. The molecule has 0 aromatic heterocycles. The summed E-state index contributed by atoms with van der Waals surface area (Å²) in [5.41, 5.74) is 0. The first kappa shape index (κ1) is 46.1. The zero-order valence-corrected chi connectivity index (χ0v) is 30.9. The van der Waals surface area contributed by atoms with Crippen LogP contribution in [0.3, 0.4) is 0 Å². The number of rotatable bonds is 32. The number of amides is 1. The lowest BCUT2D eigenvalue weighted by Crippen LogP contribution is -2.60. The lowest BCUT2D eigenvalue weighted by molar-refractivity contribution is -0.303. The van der Waals surface area contributed by atoms with Gasteiger partial charge in [-0.25, -0.2) is 0 Å². The molecule has 1 amide bonds. The van der Waals surface area contributed by atoms with Crippen molar-refractivity contribution >= 4 is 5.91 Å². The number of carbonyl (C=O) groups is 1. The molecular weight excluding hydrogens is 630 g/mol. The van der Waals surface area contributed by atoms with E-state index in [1.54, 1.807) is 0 Å². The fraction of sp³-hybridized carbons (Fsp3) is 0.974. The highest BCUT2D eigenvalue weighted by Gasteiger charge is 2.44. The average molecular weight is 706 g/mol. The van der Waals surface area contributed by atoms with Gasteiger partial charge in [-0.3, -0.25) is 4.79 Å². The van der Waals surface area contributed by atoms with Gasteiger partial charge in [-0.15, -0.1) is 0 Å². The second kappa shape index (κ2) is 29.7. The van der Waals surface area contributed by atoms with Gasteiger partial charge in [0, 0.05) is 0 Å². The number of carbonyl (C=O) groups excluding carboxylic acids is 1. The Kier molecular flexibility index (Phi) is 27.9. The molecule has 0 spiro atoms. The van der Waals surface area contributed by atoms with Crippen LogP contribution in [-0.4, -0.2) is 110 Å². The molecule has 1 aliphatic heterocycles. The van der Waals surface area contributed by atoms with Crippen molar-refractivity contribution in [3.8, 4) is 0 Å². The van der Waals surface area contributed by atoms with Gasteiger partial charge in [0.25, 0.3) is 0 Å². The molecule has 292 valence electrons. The van der Waals surface area contributed by atoms with Gasteiger partial charge in [0.1, 0.15) is 36.6 Å². The molecule has 11 heteroatoms. The van der Waals surface area contributed by atoms with Crippen LogP contribution < -0.4 is 5.32 Å². The monoisotopic (exact) mass is 706 g/mol. The van der Waals surface area contributed by atoms with Gasteiger partial charge < -0.3 is 50.5 Å². The Balaban J connectivity index is 2.55. The van der Waals surface area contributed by atoms with Crippen LogP contribution in [0.25, 0.3) is 0 Å².